The van der Waals surface area contributed by atoms with Crippen molar-refractivity contribution in [2.45, 2.75) is 24.9 Å². The second-order valence-electron chi connectivity index (χ2n) is 4.19. The third kappa shape index (κ3) is 2.60. The van der Waals surface area contributed by atoms with Gasteiger partial charge < -0.3 is 15.4 Å². The van der Waals surface area contributed by atoms with Crippen molar-refractivity contribution in [3.63, 3.8) is 0 Å². The molecule has 86 valence electrons. The Morgan fingerprint density at radius 1 is 1.33 bits per heavy atom. The fourth-order valence-electron chi connectivity index (χ4n) is 2.20. The first-order chi connectivity index (χ1) is 7.29. The molecule has 2 aliphatic rings. The zero-order valence-corrected chi connectivity index (χ0v) is 9.16. The number of amides is 2. The lowest BCUT2D eigenvalue weighted by atomic mass is 9.85. The minimum atomic E-state index is -0.0690. The Hall–Kier alpha value is -0.810. The molecule has 1 saturated heterocycles. The molecule has 0 aromatic carbocycles. The number of nitrogens with one attached hydrogen (secondary N) is 2. The van der Waals surface area contributed by atoms with Gasteiger partial charge in [-0.1, -0.05) is 0 Å². The molecule has 2 rings (SSSR count). The molecule has 0 radical (unpaired) electrons. The summed E-state index contributed by atoms with van der Waals surface area (Å²) in [5.74, 6) is 0. The number of ether oxygens (including phenoxy) is 1. The van der Waals surface area contributed by atoms with Crippen LogP contribution in [-0.2, 0) is 4.74 Å². The van der Waals surface area contributed by atoms with Crippen LogP contribution in [0, 0.1) is 0 Å². The first-order valence-electron chi connectivity index (χ1n) is 5.59. The van der Waals surface area contributed by atoms with E-state index in [1.54, 1.807) is 7.05 Å². The zero-order valence-electron chi connectivity index (χ0n) is 9.16. The maximum atomic E-state index is 11.0. The SMILES string of the molecule is CNC(=O)NC1CC(N2CCOCC2)C1. The molecule has 5 nitrogen and oxygen atoms in total. The summed E-state index contributed by atoms with van der Waals surface area (Å²) in [5.41, 5.74) is 0. The molecule has 0 unspecified atom stereocenters. The molecule has 2 N–H and O–H groups in total. The lowest BCUT2D eigenvalue weighted by Crippen LogP contribution is -2.57. The van der Waals surface area contributed by atoms with Crippen molar-refractivity contribution in [2.75, 3.05) is 33.4 Å². The molecule has 1 heterocycles. The molecule has 1 saturated carbocycles. The van der Waals surface area contributed by atoms with E-state index in [4.69, 9.17) is 4.74 Å². The Bertz CT molecular complexity index is 223. The highest BCUT2D eigenvalue weighted by Gasteiger charge is 2.34. The second-order valence-corrected chi connectivity index (χ2v) is 4.19. The number of carbonyl (C=O) groups excluding carboxylic acids is 1. The summed E-state index contributed by atoms with van der Waals surface area (Å²) in [4.78, 5) is 13.5. The van der Waals surface area contributed by atoms with E-state index >= 15 is 0 Å². The van der Waals surface area contributed by atoms with E-state index in [1.807, 2.05) is 0 Å². The Kier molecular flexibility index (Phi) is 3.43. The predicted octanol–water partition coefficient (Wildman–Crippen LogP) is -0.221. The third-order valence-corrected chi connectivity index (χ3v) is 3.24. The Balaban J connectivity index is 1.66. The number of hydrogen-bond donors (Lipinski definition) is 2. The highest BCUT2D eigenvalue weighted by Crippen LogP contribution is 2.26. The molecule has 2 amide bonds. The largest absolute Gasteiger partial charge is 0.379 e. The molecule has 2 fully saturated rings. The van der Waals surface area contributed by atoms with Gasteiger partial charge in [-0.25, -0.2) is 4.79 Å². The molecule has 15 heavy (non-hydrogen) atoms. The monoisotopic (exact) mass is 213 g/mol. The van der Waals surface area contributed by atoms with Crippen molar-refractivity contribution in [3.8, 4) is 0 Å². The van der Waals surface area contributed by atoms with Crippen molar-refractivity contribution in [3.05, 3.63) is 0 Å². The van der Waals surface area contributed by atoms with E-state index < -0.39 is 0 Å². The molecule has 0 spiro atoms. The standard InChI is InChI=1S/C10H19N3O2/c1-11-10(14)12-8-6-9(7-8)13-2-4-15-5-3-13/h8-9H,2-7H2,1H3,(H2,11,12,14). The summed E-state index contributed by atoms with van der Waals surface area (Å²) in [6.07, 6.45) is 2.15. The summed E-state index contributed by atoms with van der Waals surface area (Å²) >= 11 is 0. The van der Waals surface area contributed by atoms with Gasteiger partial charge in [0.2, 0.25) is 0 Å². The van der Waals surface area contributed by atoms with Gasteiger partial charge >= 0.3 is 6.03 Å². The normalized spacial score (nSPS) is 31.8. The van der Waals surface area contributed by atoms with Crippen LogP contribution in [-0.4, -0.2) is 56.4 Å². The van der Waals surface area contributed by atoms with Gasteiger partial charge in [-0.15, -0.1) is 0 Å². The van der Waals surface area contributed by atoms with Gasteiger partial charge in [-0.05, 0) is 12.8 Å². The van der Waals surface area contributed by atoms with E-state index in [-0.39, 0.29) is 6.03 Å². The number of carbonyl (C=O) groups is 1. The van der Waals surface area contributed by atoms with Crippen molar-refractivity contribution in [1.82, 2.24) is 15.5 Å². The van der Waals surface area contributed by atoms with Crippen LogP contribution in [0.4, 0.5) is 4.79 Å². The van der Waals surface area contributed by atoms with Gasteiger partial charge in [-0.3, -0.25) is 4.90 Å². The first-order valence-corrected chi connectivity index (χ1v) is 5.59. The molecule has 0 atom stereocenters. The van der Waals surface area contributed by atoms with Crippen LogP contribution in [0.25, 0.3) is 0 Å². The average molecular weight is 213 g/mol. The molecular weight excluding hydrogens is 194 g/mol. The maximum Gasteiger partial charge on any atom is 0.314 e. The van der Waals surface area contributed by atoms with Gasteiger partial charge in [0, 0.05) is 32.2 Å². The van der Waals surface area contributed by atoms with Crippen molar-refractivity contribution >= 4 is 6.03 Å². The van der Waals surface area contributed by atoms with Crippen molar-refractivity contribution < 1.29 is 9.53 Å². The summed E-state index contributed by atoms with van der Waals surface area (Å²) in [6, 6.07) is 0.939. The smallest absolute Gasteiger partial charge is 0.314 e. The van der Waals surface area contributed by atoms with Gasteiger partial charge in [0.15, 0.2) is 0 Å². The first kappa shape index (κ1) is 10.7. The van der Waals surface area contributed by atoms with Gasteiger partial charge in [0.05, 0.1) is 13.2 Å². The van der Waals surface area contributed by atoms with Crippen LogP contribution in [0.2, 0.25) is 0 Å². The van der Waals surface area contributed by atoms with Crippen LogP contribution in [0.3, 0.4) is 0 Å². The van der Waals surface area contributed by atoms with Gasteiger partial charge in [0.25, 0.3) is 0 Å². The highest BCUT2D eigenvalue weighted by molar-refractivity contribution is 5.73. The minimum absolute atomic E-state index is 0.0690. The van der Waals surface area contributed by atoms with Gasteiger partial charge in [-0.2, -0.15) is 0 Å². The lowest BCUT2D eigenvalue weighted by Gasteiger charge is -2.44. The zero-order chi connectivity index (χ0) is 10.7. The molecular formula is C10H19N3O2. The summed E-state index contributed by atoms with van der Waals surface area (Å²) in [5, 5.41) is 5.50. The molecule has 0 aromatic rings. The van der Waals surface area contributed by atoms with Crippen molar-refractivity contribution in [1.29, 1.82) is 0 Å². The van der Waals surface area contributed by atoms with E-state index in [0.717, 1.165) is 39.1 Å². The minimum Gasteiger partial charge on any atom is -0.379 e. The van der Waals surface area contributed by atoms with Crippen LogP contribution < -0.4 is 10.6 Å². The number of urea groups is 1. The summed E-state index contributed by atoms with van der Waals surface area (Å²) in [6.45, 7) is 3.78. The van der Waals surface area contributed by atoms with E-state index in [0.29, 0.717) is 12.1 Å². The quantitative estimate of drug-likeness (QED) is 0.666. The summed E-state index contributed by atoms with van der Waals surface area (Å²) < 4.78 is 5.31. The topological polar surface area (TPSA) is 53.6 Å². The lowest BCUT2D eigenvalue weighted by molar-refractivity contribution is -0.00874. The highest BCUT2D eigenvalue weighted by atomic mass is 16.5. The number of nitrogens with zero attached hydrogens (tertiary/aromatic N) is 1. The fourth-order valence-corrected chi connectivity index (χ4v) is 2.20. The van der Waals surface area contributed by atoms with Gasteiger partial charge in [0.1, 0.15) is 0 Å². The Morgan fingerprint density at radius 2 is 2.00 bits per heavy atom. The van der Waals surface area contributed by atoms with Crippen LogP contribution >= 0.6 is 0 Å². The number of morpholine rings is 1. The van der Waals surface area contributed by atoms with E-state index in [2.05, 4.69) is 15.5 Å². The number of rotatable bonds is 2. The third-order valence-electron chi connectivity index (χ3n) is 3.24. The second kappa shape index (κ2) is 4.81. The maximum absolute atomic E-state index is 11.0. The predicted molar refractivity (Wildman–Crippen MR) is 56.8 cm³/mol. The van der Waals surface area contributed by atoms with Crippen LogP contribution in [0.1, 0.15) is 12.8 Å². The van der Waals surface area contributed by atoms with Crippen LogP contribution in [0.5, 0.6) is 0 Å². The fraction of sp³-hybridized carbons (Fsp3) is 0.900. The average Bonchev–Trinajstić information content (AvgIpc) is 2.23. The summed E-state index contributed by atoms with van der Waals surface area (Å²) in [7, 11) is 1.65. The van der Waals surface area contributed by atoms with E-state index in [1.165, 1.54) is 0 Å². The molecule has 5 heteroatoms. The van der Waals surface area contributed by atoms with Crippen LogP contribution in [0.15, 0.2) is 0 Å². The van der Waals surface area contributed by atoms with E-state index in [9.17, 15) is 4.79 Å². The molecule has 0 aromatic heterocycles. The Morgan fingerprint density at radius 3 is 2.60 bits per heavy atom. The van der Waals surface area contributed by atoms with Crippen molar-refractivity contribution in [2.24, 2.45) is 0 Å². The molecule has 0 bridgehead atoms. The Labute approximate surface area is 90.1 Å². The number of hydrogen-bond acceptors (Lipinski definition) is 3. The molecule has 1 aliphatic carbocycles. The molecule has 1 aliphatic heterocycles.